The van der Waals surface area contributed by atoms with Crippen molar-refractivity contribution in [1.82, 2.24) is 10.6 Å². The summed E-state index contributed by atoms with van der Waals surface area (Å²) in [6, 6.07) is 0.0639. The molecule has 5 heteroatoms. The molecule has 5 nitrogen and oxygen atoms in total. The summed E-state index contributed by atoms with van der Waals surface area (Å²) in [6.07, 6.45) is 4.15. The van der Waals surface area contributed by atoms with Crippen molar-refractivity contribution < 1.29 is 14.6 Å². The molecule has 104 valence electrons. The van der Waals surface area contributed by atoms with Gasteiger partial charge in [0.1, 0.15) is 0 Å². The number of carbonyl (C=O) groups excluding carboxylic acids is 1. The molecule has 0 aromatic carbocycles. The highest BCUT2D eigenvalue weighted by Gasteiger charge is 2.42. The zero-order chi connectivity index (χ0) is 13.2. The van der Waals surface area contributed by atoms with Crippen molar-refractivity contribution in [2.45, 2.75) is 57.8 Å². The Morgan fingerprint density at radius 1 is 1.33 bits per heavy atom. The van der Waals surface area contributed by atoms with Crippen LogP contribution in [0.3, 0.4) is 0 Å². The van der Waals surface area contributed by atoms with E-state index in [0.29, 0.717) is 6.54 Å². The molecule has 0 aromatic heterocycles. The molecule has 2 atom stereocenters. The highest BCUT2D eigenvalue weighted by molar-refractivity contribution is 5.74. The number of aliphatic hydroxyl groups is 1. The van der Waals surface area contributed by atoms with Gasteiger partial charge in [0, 0.05) is 18.0 Å². The van der Waals surface area contributed by atoms with E-state index in [1.807, 2.05) is 13.8 Å². The number of rotatable bonds is 4. The summed E-state index contributed by atoms with van der Waals surface area (Å²) in [5.74, 6) is 0. The summed E-state index contributed by atoms with van der Waals surface area (Å²) < 4.78 is 5.63. The lowest BCUT2D eigenvalue weighted by Gasteiger charge is -2.32. The van der Waals surface area contributed by atoms with Gasteiger partial charge in [-0.2, -0.15) is 0 Å². The molecular formula is C13H24N2O3. The summed E-state index contributed by atoms with van der Waals surface area (Å²) in [6.45, 7) is 4.81. The molecule has 1 heterocycles. The molecule has 0 aromatic rings. The first-order valence-electron chi connectivity index (χ1n) is 6.84. The molecule has 2 aliphatic rings. The molecule has 3 N–H and O–H groups in total. The fourth-order valence-electron chi connectivity index (χ4n) is 2.59. The Kier molecular flexibility index (Phi) is 4.12. The molecular weight excluding hydrogens is 232 g/mol. The summed E-state index contributed by atoms with van der Waals surface area (Å²) in [4.78, 5) is 11.8. The Hall–Kier alpha value is -0.810. The van der Waals surface area contributed by atoms with Crippen LogP contribution in [0, 0.1) is 5.41 Å². The number of hydrogen-bond donors (Lipinski definition) is 3. The standard InChI is InChI=1S/C13H24N2O3/c1-9-5-11(6-10(2)18-9)15-12(17)14-7-13(8-16)3-4-13/h9-11,16H,3-8H2,1-2H3,(H2,14,15,17). The number of hydrogen-bond acceptors (Lipinski definition) is 3. The van der Waals surface area contributed by atoms with Crippen LogP contribution in [-0.2, 0) is 4.74 Å². The average molecular weight is 256 g/mol. The zero-order valence-electron chi connectivity index (χ0n) is 11.2. The molecule has 1 saturated carbocycles. The second-order valence-electron chi connectivity index (χ2n) is 5.91. The quantitative estimate of drug-likeness (QED) is 0.703. The topological polar surface area (TPSA) is 70.6 Å². The molecule has 1 aliphatic heterocycles. The number of nitrogens with one attached hydrogen (secondary N) is 2. The summed E-state index contributed by atoms with van der Waals surface area (Å²) in [7, 11) is 0. The Balaban J connectivity index is 1.70. The summed E-state index contributed by atoms with van der Waals surface area (Å²) in [5, 5.41) is 15.0. The highest BCUT2D eigenvalue weighted by Crippen LogP contribution is 2.44. The van der Waals surface area contributed by atoms with Crippen molar-refractivity contribution in [2.24, 2.45) is 5.41 Å². The second-order valence-corrected chi connectivity index (χ2v) is 5.91. The van der Waals surface area contributed by atoms with E-state index in [4.69, 9.17) is 4.74 Å². The molecule has 0 bridgehead atoms. The van der Waals surface area contributed by atoms with Crippen LogP contribution in [0.15, 0.2) is 0 Å². The fourth-order valence-corrected chi connectivity index (χ4v) is 2.59. The number of urea groups is 1. The van der Waals surface area contributed by atoms with Crippen LogP contribution in [-0.4, -0.2) is 42.5 Å². The van der Waals surface area contributed by atoms with Crippen LogP contribution in [0.2, 0.25) is 0 Å². The van der Waals surface area contributed by atoms with Gasteiger partial charge >= 0.3 is 6.03 Å². The number of aliphatic hydroxyl groups excluding tert-OH is 1. The summed E-state index contributed by atoms with van der Waals surface area (Å²) in [5.41, 5.74) is -0.0341. The monoisotopic (exact) mass is 256 g/mol. The molecule has 2 amide bonds. The van der Waals surface area contributed by atoms with Gasteiger partial charge in [0.25, 0.3) is 0 Å². The van der Waals surface area contributed by atoms with E-state index in [1.165, 1.54) is 0 Å². The summed E-state index contributed by atoms with van der Waals surface area (Å²) >= 11 is 0. The molecule has 2 fully saturated rings. The molecule has 2 unspecified atom stereocenters. The van der Waals surface area contributed by atoms with Crippen LogP contribution in [0.25, 0.3) is 0 Å². The molecule has 18 heavy (non-hydrogen) atoms. The lowest BCUT2D eigenvalue weighted by molar-refractivity contribution is -0.0402. The van der Waals surface area contributed by atoms with Gasteiger partial charge in [-0.3, -0.25) is 0 Å². The van der Waals surface area contributed by atoms with Gasteiger partial charge in [-0.1, -0.05) is 0 Å². The predicted octanol–water partition coefficient (Wildman–Crippen LogP) is 1.01. The highest BCUT2D eigenvalue weighted by atomic mass is 16.5. The maximum atomic E-state index is 11.8. The van der Waals surface area contributed by atoms with E-state index < -0.39 is 0 Å². The van der Waals surface area contributed by atoms with Crippen molar-refractivity contribution in [3.05, 3.63) is 0 Å². The van der Waals surface area contributed by atoms with Crippen molar-refractivity contribution in [3.8, 4) is 0 Å². The van der Waals surface area contributed by atoms with Crippen LogP contribution in [0.4, 0.5) is 4.79 Å². The zero-order valence-corrected chi connectivity index (χ0v) is 11.2. The normalized spacial score (nSPS) is 33.8. The molecule has 1 aliphatic carbocycles. The second kappa shape index (κ2) is 5.45. The number of carbonyl (C=O) groups is 1. The predicted molar refractivity (Wildman–Crippen MR) is 68.3 cm³/mol. The van der Waals surface area contributed by atoms with E-state index in [2.05, 4.69) is 10.6 Å². The van der Waals surface area contributed by atoms with E-state index >= 15 is 0 Å². The molecule has 1 saturated heterocycles. The van der Waals surface area contributed by atoms with Crippen molar-refractivity contribution in [3.63, 3.8) is 0 Å². The Morgan fingerprint density at radius 3 is 2.44 bits per heavy atom. The van der Waals surface area contributed by atoms with Gasteiger partial charge in [0.2, 0.25) is 0 Å². The first-order valence-corrected chi connectivity index (χ1v) is 6.84. The van der Waals surface area contributed by atoms with Crippen molar-refractivity contribution in [2.75, 3.05) is 13.2 Å². The third kappa shape index (κ3) is 3.59. The molecule has 0 spiro atoms. The van der Waals surface area contributed by atoms with Crippen LogP contribution in [0.5, 0.6) is 0 Å². The van der Waals surface area contributed by atoms with Crippen molar-refractivity contribution in [1.29, 1.82) is 0 Å². The Bertz CT molecular complexity index is 295. The van der Waals surface area contributed by atoms with E-state index in [0.717, 1.165) is 25.7 Å². The smallest absolute Gasteiger partial charge is 0.315 e. The largest absolute Gasteiger partial charge is 0.396 e. The van der Waals surface area contributed by atoms with E-state index in [9.17, 15) is 9.90 Å². The SMILES string of the molecule is CC1CC(NC(=O)NCC2(CO)CC2)CC(C)O1. The van der Waals surface area contributed by atoms with Crippen LogP contribution in [0.1, 0.15) is 39.5 Å². The minimum Gasteiger partial charge on any atom is -0.396 e. The van der Waals surface area contributed by atoms with Gasteiger partial charge in [0.05, 0.1) is 18.8 Å². The minimum atomic E-state index is -0.124. The van der Waals surface area contributed by atoms with Crippen LogP contribution >= 0.6 is 0 Å². The maximum absolute atomic E-state index is 11.8. The van der Waals surface area contributed by atoms with E-state index in [1.54, 1.807) is 0 Å². The third-order valence-corrected chi connectivity index (χ3v) is 3.95. The third-order valence-electron chi connectivity index (χ3n) is 3.95. The first kappa shape index (κ1) is 13.6. The van der Waals surface area contributed by atoms with Gasteiger partial charge in [0.15, 0.2) is 0 Å². The van der Waals surface area contributed by atoms with Gasteiger partial charge < -0.3 is 20.5 Å². The van der Waals surface area contributed by atoms with Gasteiger partial charge in [-0.15, -0.1) is 0 Å². The van der Waals surface area contributed by atoms with Gasteiger partial charge in [-0.05, 0) is 39.5 Å². The maximum Gasteiger partial charge on any atom is 0.315 e. The van der Waals surface area contributed by atoms with Crippen molar-refractivity contribution >= 4 is 6.03 Å². The fraction of sp³-hybridized carbons (Fsp3) is 0.923. The average Bonchev–Trinajstić information content (AvgIpc) is 3.05. The van der Waals surface area contributed by atoms with Crippen LogP contribution < -0.4 is 10.6 Å². The van der Waals surface area contributed by atoms with E-state index in [-0.39, 0.29) is 36.3 Å². The van der Waals surface area contributed by atoms with Gasteiger partial charge in [-0.25, -0.2) is 4.79 Å². The lowest BCUT2D eigenvalue weighted by atomic mass is 10.00. The Morgan fingerprint density at radius 2 is 1.94 bits per heavy atom. The number of ether oxygens (including phenoxy) is 1. The molecule has 2 rings (SSSR count). The minimum absolute atomic E-state index is 0.0341. The molecule has 0 radical (unpaired) electrons. The Labute approximate surface area is 108 Å². The first-order chi connectivity index (χ1) is 8.53. The lowest BCUT2D eigenvalue weighted by Crippen LogP contribution is -2.48. The number of amides is 2.